The first-order valence-corrected chi connectivity index (χ1v) is 9.62. The standard InChI is InChI=1S/C20H22BrN3O2/c1-3-5-12-26-16-9-7-15(8-10-16)22-20(25)19-17(4-2)23-18-11-6-14(21)13-24(18)19/h6-11,13H,3-5,12H2,1-2H3,(H,22,25). The topological polar surface area (TPSA) is 55.6 Å². The number of carbonyl (C=O) groups excluding carboxylic acids is 1. The van der Waals surface area contributed by atoms with Gasteiger partial charge in [-0.3, -0.25) is 9.20 Å². The average molecular weight is 416 g/mol. The number of rotatable bonds is 7. The first-order chi connectivity index (χ1) is 12.6. The Bertz CT molecular complexity index is 903. The molecule has 0 atom stereocenters. The number of imidazole rings is 1. The number of pyridine rings is 1. The van der Waals surface area contributed by atoms with Crippen molar-refractivity contribution in [1.29, 1.82) is 0 Å². The van der Waals surface area contributed by atoms with Gasteiger partial charge in [0.2, 0.25) is 0 Å². The van der Waals surface area contributed by atoms with Crippen LogP contribution in [0.25, 0.3) is 5.65 Å². The molecular weight excluding hydrogens is 394 g/mol. The summed E-state index contributed by atoms with van der Waals surface area (Å²) in [7, 11) is 0. The number of fused-ring (bicyclic) bond motifs is 1. The van der Waals surface area contributed by atoms with E-state index in [9.17, 15) is 4.79 Å². The Balaban J connectivity index is 1.79. The number of aryl methyl sites for hydroxylation is 1. The molecule has 2 heterocycles. The smallest absolute Gasteiger partial charge is 0.274 e. The molecule has 26 heavy (non-hydrogen) atoms. The molecule has 136 valence electrons. The molecule has 0 unspecified atom stereocenters. The van der Waals surface area contributed by atoms with Gasteiger partial charge in [0.15, 0.2) is 0 Å². The molecule has 0 aliphatic heterocycles. The van der Waals surface area contributed by atoms with Crippen molar-refractivity contribution in [2.75, 3.05) is 11.9 Å². The number of unbranched alkanes of at least 4 members (excludes halogenated alkanes) is 1. The van der Waals surface area contributed by atoms with Crippen molar-refractivity contribution in [3.8, 4) is 5.75 Å². The predicted molar refractivity (Wildman–Crippen MR) is 107 cm³/mol. The number of benzene rings is 1. The van der Waals surface area contributed by atoms with E-state index in [1.165, 1.54) is 0 Å². The fourth-order valence-electron chi connectivity index (χ4n) is 2.71. The summed E-state index contributed by atoms with van der Waals surface area (Å²) in [5.74, 6) is 0.636. The second-order valence-corrected chi connectivity index (χ2v) is 6.93. The average Bonchev–Trinajstić information content (AvgIpc) is 3.01. The van der Waals surface area contributed by atoms with Crippen molar-refractivity contribution in [1.82, 2.24) is 9.38 Å². The van der Waals surface area contributed by atoms with E-state index in [2.05, 4.69) is 33.2 Å². The lowest BCUT2D eigenvalue weighted by Gasteiger charge is -2.09. The van der Waals surface area contributed by atoms with Gasteiger partial charge in [-0.15, -0.1) is 0 Å². The number of nitrogens with one attached hydrogen (secondary N) is 1. The Morgan fingerprint density at radius 3 is 2.65 bits per heavy atom. The number of halogens is 1. The maximum atomic E-state index is 12.9. The number of hydrogen-bond acceptors (Lipinski definition) is 3. The summed E-state index contributed by atoms with van der Waals surface area (Å²) < 4.78 is 8.37. The zero-order chi connectivity index (χ0) is 18.5. The van der Waals surface area contributed by atoms with Gasteiger partial charge in [0.05, 0.1) is 12.3 Å². The molecular formula is C20H22BrN3O2. The Labute approximate surface area is 161 Å². The summed E-state index contributed by atoms with van der Waals surface area (Å²) in [4.78, 5) is 17.4. The van der Waals surface area contributed by atoms with Crippen molar-refractivity contribution in [3.63, 3.8) is 0 Å². The van der Waals surface area contributed by atoms with Gasteiger partial charge < -0.3 is 10.1 Å². The van der Waals surface area contributed by atoms with E-state index in [0.717, 1.165) is 40.1 Å². The van der Waals surface area contributed by atoms with Crippen molar-refractivity contribution in [2.24, 2.45) is 0 Å². The van der Waals surface area contributed by atoms with E-state index in [0.29, 0.717) is 18.7 Å². The largest absolute Gasteiger partial charge is 0.494 e. The number of anilines is 1. The first kappa shape index (κ1) is 18.5. The molecule has 0 radical (unpaired) electrons. The highest BCUT2D eigenvalue weighted by Crippen LogP contribution is 2.20. The molecule has 0 bridgehead atoms. The predicted octanol–water partition coefficient (Wildman–Crippen LogP) is 5.09. The molecule has 1 amide bonds. The van der Waals surface area contributed by atoms with Crippen LogP contribution < -0.4 is 10.1 Å². The number of ether oxygens (including phenoxy) is 1. The van der Waals surface area contributed by atoms with E-state index in [-0.39, 0.29) is 5.91 Å². The van der Waals surface area contributed by atoms with E-state index in [1.807, 2.05) is 53.9 Å². The van der Waals surface area contributed by atoms with E-state index in [1.54, 1.807) is 0 Å². The molecule has 0 saturated carbocycles. The molecule has 0 spiro atoms. The highest BCUT2D eigenvalue weighted by atomic mass is 79.9. The van der Waals surface area contributed by atoms with Gasteiger partial charge in [-0.25, -0.2) is 4.98 Å². The third-order valence-corrected chi connectivity index (χ3v) is 4.55. The molecule has 3 rings (SSSR count). The highest BCUT2D eigenvalue weighted by Gasteiger charge is 2.18. The summed E-state index contributed by atoms with van der Waals surface area (Å²) in [6, 6.07) is 11.3. The van der Waals surface area contributed by atoms with Gasteiger partial charge in [-0.2, -0.15) is 0 Å². The van der Waals surface area contributed by atoms with Crippen LogP contribution in [0.3, 0.4) is 0 Å². The van der Waals surface area contributed by atoms with Crippen molar-refractivity contribution < 1.29 is 9.53 Å². The Morgan fingerprint density at radius 2 is 1.96 bits per heavy atom. The van der Waals surface area contributed by atoms with Crippen LogP contribution in [0.15, 0.2) is 47.1 Å². The van der Waals surface area contributed by atoms with E-state index < -0.39 is 0 Å². The summed E-state index contributed by atoms with van der Waals surface area (Å²) in [5.41, 5.74) is 2.83. The molecule has 1 aromatic carbocycles. The molecule has 1 N–H and O–H groups in total. The third kappa shape index (κ3) is 4.07. The maximum Gasteiger partial charge on any atom is 0.274 e. The molecule has 3 aromatic rings. The van der Waals surface area contributed by atoms with Crippen molar-refractivity contribution in [2.45, 2.75) is 33.1 Å². The van der Waals surface area contributed by atoms with Gasteiger partial charge in [-0.1, -0.05) is 20.3 Å². The molecule has 5 nitrogen and oxygen atoms in total. The SMILES string of the molecule is CCCCOc1ccc(NC(=O)c2c(CC)nc3ccc(Br)cn23)cc1. The minimum Gasteiger partial charge on any atom is -0.494 e. The molecule has 0 aliphatic rings. The second kappa shape index (κ2) is 8.36. The summed E-state index contributed by atoms with van der Waals surface area (Å²) in [6.45, 7) is 4.83. The molecule has 0 saturated heterocycles. The monoisotopic (exact) mass is 415 g/mol. The van der Waals surface area contributed by atoms with Crippen LogP contribution >= 0.6 is 15.9 Å². The minimum absolute atomic E-state index is 0.174. The molecule has 2 aromatic heterocycles. The Kier molecular flexibility index (Phi) is 5.93. The zero-order valence-electron chi connectivity index (χ0n) is 15.0. The number of carbonyl (C=O) groups is 1. The molecule has 0 aliphatic carbocycles. The lowest BCUT2D eigenvalue weighted by atomic mass is 10.2. The molecule has 6 heteroatoms. The van der Waals surface area contributed by atoms with Crippen LogP contribution in [-0.4, -0.2) is 21.9 Å². The highest BCUT2D eigenvalue weighted by molar-refractivity contribution is 9.10. The van der Waals surface area contributed by atoms with Crippen LogP contribution in [0.1, 0.15) is 42.9 Å². The Hall–Kier alpha value is -2.34. The van der Waals surface area contributed by atoms with Crippen LogP contribution in [0.4, 0.5) is 5.69 Å². The van der Waals surface area contributed by atoms with Crippen LogP contribution in [0.2, 0.25) is 0 Å². The number of nitrogens with zero attached hydrogens (tertiary/aromatic N) is 2. The van der Waals surface area contributed by atoms with Crippen LogP contribution in [0, 0.1) is 0 Å². The third-order valence-electron chi connectivity index (χ3n) is 4.08. The second-order valence-electron chi connectivity index (χ2n) is 6.02. The van der Waals surface area contributed by atoms with E-state index in [4.69, 9.17) is 4.74 Å². The maximum absolute atomic E-state index is 12.9. The van der Waals surface area contributed by atoms with Crippen molar-refractivity contribution in [3.05, 3.63) is 58.5 Å². The van der Waals surface area contributed by atoms with Gasteiger partial charge in [-0.05, 0) is 65.2 Å². The quantitative estimate of drug-likeness (QED) is 0.546. The fraction of sp³-hybridized carbons (Fsp3) is 0.300. The normalized spacial score (nSPS) is 10.9. The molecule has 0 fully saturated rings. The summed E-state index contributed by atoms with van der Waals surface area (Å²) in [5, 5.41) is 2.95. The van der Waals surface area contributed by atoms with Crippen molar-refractivity contribution >= 4 is 33.2 Å². The zero-order valence-corrected chi connectivity index (χ0v) is 16.5. The summed E-state index contributed by atoms with van der Waals surface area (Å²) in [6.07, 6.45) is 4.68. The lowest BCUT2D eigenvalue weighted by Crippen LogP contribution is -2.16. The number of hydrogen-bond donors (Lipinski definition) is 1. The number of aromatic nitrogens is 2. The summed E-state index contributed by atoms with van der Waals surface area (Å²) >= 11 is 3.45. The minimum atomic E-state index is -0.174. The fourth-order valence-corrected chi connectivity index (χ4v) is 3.05. The first-order valence-electron chi connectivity index (χ1n) is 8.83. The van der Waals surface area contributed by atoms with Gasteiger partial charge >= 0.3 is 0 Å². The Morgan fingerprint density at radius 1 is 1.19 bits per heavy atom. The van der Waals surface area contributed by atoms with Crippen LogP contribution in [0.5, 0.6) is 5.75 Å². The van der Waals surface area contributed by atoms with Gasteiger partial charge in [0, 0.05) is 16.4 Å². The van der Waals surface area contributed by atoms with Crippen LogP contribution in [-0.2, 0) is 6.42 Å². The van der Waals surface area contributed by atoms with Gasteiger partial charge in [0.1, 0.15) is 17.1 Å². The van der Waals surface area contributed by atoms with E-state index >= 15 is 0 Å². The lowest BCUT2D eigenvalue weighted by molar-refractivity contribution is 0.102. The van der Waals surface area contributed by atoms with Gasteiger partial charge in [0.25, 0.3) is 5.91 Å². The number of amides is 1.